The van der Waals surface area contributed by atoms with Crippen LogP contribution in [0.25, 0.3) is 11.0 Å². The van der Waals surface area contributed by atoms with Gasteiger partial charge in [0.1, 0.15) is 5.58 Å². The highest BCUT2D eigenvalue weighted by molar-refractivity contribution is 9.10. The highest BCUT2D eigenvalue weighted by atomic mass is 79.9. The Morgan fingerprint density at radius 1 is 0.941 bits per heavy atom. The molecular formula is C27H20BrNO5. The van der Waals surface area contributed by atoms with E-state index in [-0.39, 0.29) is 30.4 Å². The first-order valence-electron chi connectivity index (χ1n) is 10.9. The predicted molar refractivity (Wildman–Crippen MR) is 130 cm³/mol. The van der Waals surface area contributed by atoms with E-state index in [0.29, 0.717) is 28.0 Å². The highest BCUT2D eigenvalue weighted by Gasteiger charge is 2.42. The van der Waals surface area contributed by atoms with Crippen LogP contribution in [0.4, 0.5) is 0 Å². The maximum atomic E-state index is 13.7. The van der Waals surface area contributed by atoms with Gasteiger partial charge in [-0.15, -0.1) is 0 Å². The molecular weight excluding hydrogens is 498 g/mol. The summed E-state index contributed by atoms with van der Waals surface area (Å²) in [6.45, 7) is 4.39. The highest BCUT2D eigenvalue weighted by Crippen LogP contribution is 2.41. The summed E-state index contributed by atoms with van der Waals surface area (Å²) in [6, 6.07) is 16.4. The molecule has 2 aliphatic rings. The lowest BCUT2D eigenvalue weighted by Gasteiger charge is -2.25. The zero-order chi connectivity index (χ0) is 23.6. The Balaban J connectivity index is 1.53. The van der Waals surface area contributed by atoms with Gasteiger partial charge < -0.3 is 18.8 Å². The molecule has 1 unspecified atom stereocenters. The van der Waals surface area contributed by atoms with E-state index < -0.39 is 6.04 Å². The van der Waals surface area contributed by atoms with Crippen molar-refractivity contribution >= 4 is 32.8 Å². The van der Waals surface area contributed by atoms with E-state index in [4.69, 9.17) is 13.9 Å². The topological polar surface area (TPSA) is 69.0 Å². The lowest BCUT2D eigenvalue weighted by atomic mass is 9.97. The fourth-order valence-electron chi connectivity index (χ4n) is 4.67. The van der Waals surface area contributed by atoms with Gasteiger partial charge in [-0.3, -0.25) is 9.59 Å². The van der Waals surface area contributed by atoms with E-state index in [1.807, 2.05) is 68.4 Å². The molecule has 0 aliphatic carbocycles. The number of benzene rings is 3. The molecule has 1 amide bonds. The predicted octanol–water partition coefficient (Wildman–Crippen LogP) is 5.65. The van der Waals surface area contributed by atoms with Crippen LogP contribution < -0.4 is 14.9 Å². The lowest BCUT2D eigenvalue weighted by Crippen LogP contribution is -2.29. The van der Waals surface area contributed by atoms with Crippen LogP contribution in [0.5, 0.6) is 11.5 Å². The van der Waals surface area contributed by atoms with Gasteiger partial charge in [-0.25, -0.2) is 0 Å². The van der Waals surface area contributed by atoms with Crippen LogP contribution in [0.3, 0.4) is 0 Å². The molecule has 0 radical (unpaired) electrons. The summed E-state index contributed by atoms with van der Waals surface area (Å²) in [5.41, 5.74) is 4.35. The molecule has 0 saturated heterocycles. The van der Waals surface area contributed by atoms with Crippen molar-refractivity contribution < 1.29 is 18.7 Å². The molecule has 0 fully saturated rings. The molecule has 170 valence electrons. The second-order valence-electron chi connectivity index (χ2n) is 8.68. The summed E-state index contributed by atoms with van der Waals surface area (Å²) in [7, 11) is 0. The van der Waals surface area contributed by atoms with E-state index in [0.717, 1.165) is 26.7 Å². The minimum absolute atomic E-state index is 0.106. The monoisotopic (exact) mass is 517 g/mol. The molecule has 4 aromatic rings. The summed E-state index contributed by atoms with van der Waals surface area (Å²) in [6.07, 6.45) is 0. The number of carbonyl (C=O) groups excluding carboxylic acids is 1. The molecule has 1 aromatic heterocycles. The van der Waals surface area contributed by atoms with Gasteiger partial charge in [-0.2, -0.15) is 0 Å². The number of carbonyl (C=O) groups is 1. The van der Waals surface area contributed by atoms with Gasteiger partial charge in [-0.05, 0) is 72.5 Å². The molecule has 6 nitrogen and oxygen atoms in total. The van der Waals surface area contributed by atoms with Gasteiger partial charge in [0.2, 0.25) is 12.6 Å². The Morgan fingerprint density at radius 3 is 2.47 bits per heavy atom. The first-order valence-corrected chi connectivity index (χ1v) is 11.7. The maximum absolute atomic E-state index is 13.7. The van der Waals surface area contributed by atoms with Crippen molar-refractivity contribution in [3.05, 3.63) is 103 Å². The van der Waals surface area contributed by atoms with Gasteiger partial charge in [-0.1, -0.05) is 34.1 Å². The van der Waals surface area contributed by atoms with Crippen LogP contribution in [0.2, 0.25) is 0 Å². The zero-order valence-electron chi connectivity index (χ0n) is 18.6. The molecule has 6 rings (SSSR count). The molecule has 0 N–H and O–H groups in total. The number of nitrogens with zero attached hydrogens (tertiary/aromatic N) is 1. The first kappa shape index (κ1) is 21.0. The van der Waals surface area contributed by atoms with Crippen LogP contribution in [-0.2, 0) is 6.54 Å². The Kier molecular flexibility index (Phi) is 4.78. The number of halogens is 1. The molecule has 3 aromatic carbocycles. The van der Waals surface area contributed by atoms with E-state index in [1.54, 1.807) is 4.90 Å². The summed E-state index contributed by atoms with van der Waals surface area (Å²) in [5.74, 6) is 1.12. The minimum atomic E-state index is -0.566. The van der Waals surface area contributed by atoms with Gasteiger partial charge >= 0.3 is 0 Å². The van der Waals surface area contributed by atoms with Gasteiger partial charge in [0.05, 0.1) is 17.0 Å². The number of aryl methyl sites for hydroxylation is 2. The van der Waals surface area contributed by atoms with Crippen LogP contribution >= 0.6 is 15.9 Å². The van der Waals surface area contributed by atoms with E-state index in [9.17, 15) is 9.59 Å². The Morgan fingerprint density at radius 2 is 1.68 bits per heavy atom. The molecule has 2 aliphatic heterocycles. The summed E-state index contributed by atoms with van der Waals surface area (Å²) in [5, 5.41) is 0.488. The molecule has 0 bridgehead atoms. The number of ether oxygens (including phenoxy) is 2. The van der Waals surface area contributed by atoms with Crippen molar-refractivity contribution in [3.8, 4) is 11.5 Å². The molecule has 0 saturated carbocycles. The fraction of sp³-hybridized carbons (Fsp3) is 0.185. The quantitative estimate of drug-likeness (QED) is 0.351. The third-order valence-corrected chi connectivity index (χ3v) is 7.09. The maximum Gasteiger partial charge on any atom is 0.291 e. The number of hydrogen-bond acceptors (Lipinski definition) is 5. The number of amides is 1. The van der Waals surface area contributed by atoms with E-state index in [2.05, 4.69) is 15.9 Å². The molecule has 7 heteroatoms. The Hall–Kier alpha value is -3.58. The number of rotatable bonds is 3. The van der Waals surface area contributed by atoms with Crippen molar-refractivity contribution in [1.29, 1.82) is 0 Å². The summed E-state index contributed by atoms with van der Waals surface area (Å²) >= 11 is 3.47. The van der Waals surface area contributed by atoms with Gasteiger partial charge in [0.15, 0.2) is 16.9 Å². The minimum Gasteiger partial charge on any atom is -0.454 e. The van der Waals surface area contributed by atoms with E-state index in [1.165, 1.54) is 0 Å². The average molecular weight is 518 g/mol. The van der Waals surface area contributed by atoms with Crippen molar-refractivity contribution in [3.63, 3.8) is 0 Å². The number of fused-ring (bicyclic) bond motifs is 3. The SMILES string of the molecule is Cc1cc2oc3c(c(=O)c2cc1C)C(c1ccc(Br)cc1)N(Cc1ccc2c(c1)OCO2)C3=O. The molecule has 3 heterocycles. The largest absolute Gasteiger partial charge is 0.454 e. The lowest BCUT2D eigenvalue weighted by molar-refractivity contribution is 0.0714. The van der Waals surface area contributed by atoms with Gasteiger partial charge in [0.25, 0.3) is 5.91 Å². The van der Waals surface area contributed by atoms with Crippen molar-refractivity contribution in [1.82, 2.24) is 4.90 Å². The van der Waals surface area contributed by atoms with E-state index >= 15 is 0 Å². The Labute approximate surface area is 203 Å². The summed E-state index contributed by atoms with van der Waals surface area (Å²) in [4.78, 5) is 29.1. The standard InChI is InChI=1S/C27H20BrNO5/c1-14-9-19-21(10-15(14)2)34-26-23(25(19)30)24(17-4-6-18(28)7-5-17)29(27(26)31)12-16-3-8-20-22(11-16)33-13-32-20/h3-11,24H,12-13H2,1-2H3. The number of hydrogen-bond donors (Lipinski definition) is 0. The zero-order valence-corrected chi connectivity index (χ0v) is 20.1. The molecule has 0 spiro atoms. The smallest absolute Gasteiger partial charge is 0.291 e. The normalized spacial score (nSPS) is 16.4. The molecule has 34 heavy (non-hydrogen) atoms. The van der Waals surface area contributed by atoms with Crippen molar-refractivity contribution in [2.45, 2.75) is 26.4 Å². The van der Waals surface area contributed by atoms with Crippen LogP contribution in [0.15, 0.2) is 68.3 Å². The van der Waals surface area contributed by atoms with Crippen LogP contribution in [-0.4, -0.2) is 17.6 Å². The van der Waals surface area contributed by atoms with Crippen molar-refractivity contribution in [2.24, 2.45) is 0 Å². The van der Waals surface area contributed by atoms with Crippen LogP contribution in [0, 0.1) is 13.8 Å². The second-order valence-corrected chi connectivity index (χ2v) is 9.60. The third kappa shape index (κ3) is 3.22. The van der Waals surface area contributed by atoms with Gasteiger partial charge in [0, 0.05) is 11.0 Å². The van der Waals surface area contributed by atoms with Crippen molar-refractivity contribution in [2.75, 3.05) is 6.79 Å². The van der Waals surface area contributed by atoms with Crippen LogP contribution in [0.1, 0.15) is 44.4 Å². The molecule has 1 atom stereocenters. The fourth-order valence-corrected chi connectivity index (χ4v) is 4.93. The third-order valence-electron chi connectivity index (χ3n) is 6.56. The summed E-state index contributed by atoms with van der Waals surface area (Å²) < 4.78 is 17.9. The average Bonchev–Trinajstić information content (AvgIpc) is 3.39. The second kappa shape index (κ2) is 7.74. The Bertz CT molecular complexity index is 1540. The first-order chi connectivity index (χ1) is 16.4.